The summed E-state index contributed by atoms with van der Waals surface area (Å²) in [5, 5.41) is 5.20. The molecule has 0 aliphatic carbocycles. The number of aromatic nitrogens is 4. The van der Waals surface area contributed by atoms with E-state index in [4.69, 9.17) is 11.6 Å². The standard InChI is InChI=1S/C25H23ClN6O2/c1-29-22(11-20(28-29)17-5-7-18(26)8-6-17)25(34)32-13-16-10-19(32)14-31(12-16)24(33)21-15-30-9-3-2-4-23(30)27-21/h2-9,11,15-16,19H,10,12-14H2,1H3. The second-order valence-corrected chi connectivity index (χ2v) is 9.50. The molecule has 1 aromatic carbocycles. The van der Waals surface area contributed by atoms with Crippen LogP contribution in [0.1, 0.15) is 27.4 Å². The number of fused-ring (bicyclic) bond motifs is 3. The Morgan fingerprint density at radius 1 is 1.03 bits per heavy atom. The van der Waals surface area contributed by atoms with Crippen LogP contribution in [0.3, 0.4) is 0 Å². The van der Waals surface area contributed by atoms with Crippen LogP contribution in [-0.4, -0.2) is 66.5 Å². The quantitative estimate of drug-likeness (QED) is 0.456. The summed E-state index contributed by atoms with van der Waals surface area (Å²) in [5.41, 5.74) is 3.35. The number of aryl methyl sites for hydroxylation is 1. The number of rotatable bonds is 3. The highest BCUT2D eigenvalue weighted by Gasteiger charge is 2.43. The van der Waals surface area contributed by atoms with E-state index >= 15 is 0 Å². The highest BCUT2D eigenvalue weighted by molar-refractivity contribution is 6.30. The zero-order chi connectivity index (χ0) is 23.4. The zero-order valence-corrected chi connectivity index (χ0v) is 19.4. The molecule has 2 saturated heterocycles. The summed E-state index contributed by atoms with van der Waals surface area (Å²) in [7, 11) is 1.79. The van der Waals surface area contributed by atoms with Gasteiger partial charge in [0.2, 0.25) is 0 Å². The Hall–Kier alpha value is -3.65. The summed E-state index contributed by atoms with van der Waals surface area (Å²) >= 11 is 6.00. The van der Waals surface area contributed by atoms with Gasteiger partial charge in [0.15, 0.2) is 0 Å². The maximum absolute atomic E-state index is 13.5. The van der Waals surface area contributed by atoms with Gasteiger partial charge in [0.05, 0.1) is 11.7 Å². The maximum Gasteiger partial charge on any atom is 0.274 e. The molecule has 8 nitrogen and oxygen atoms in total. The first-order valence-electron chi connectivity index (χ1n) is 11.3. The summed E-state index contributed by atoms with van der Waals surface area (Å²) in [6, 6.07) is 14.9. The van der Waals surface area contributed by atoms with Crippen LogP contribution < -0.4 is 0 Å². The first-order chi connectivity index (χ1) is 16.5. The Bertz CT molecular complexity index is 1380. The molecular formula is C25H23ClN6O2. The van der Waals surface area contributed by atoms with E-state index in [2.05, 4.69) is 10.1 Å². The molecule has 0 radical (unpaired) electrons. The normalized spacial score (nSPS) is 19.7. The number of likely N-dealkylation sites (tertiary alicyclic amines) is 2. The number of amides is 2. The third kappa shape index (κ3) is 3.54. The van der Waals surface area contributed by atoms with Crippen molar-refractivity contribution < 1.29 is 9.59 Å². The number of carbonyl (C=O) groups is 2. The van der Waals surface area contributed by atoms with E-state index in [1.54, 1.807) is 17.9 Å². The van der Waals surface area contributed by atoms with Gasteiger partial charge in [-0.15, -0.1) is 0 Å². The van der Waals surface area contributed by atoms with Gasteiger partial charge in [-0.25, -0.2) is 4.98 Å². The summed E-state index contributed by atoms with van der Waals surface area (Å²) in [5.74, 6) is 0.121. The monoisotopic (exact) mass is 474 g/mol. The van der Waals surface area contributed by atoms with Gasteiger partial charge < -0.3 is 14.2 Å². The lowest BCUT2D eigenvalue weighted by molar-refractivity contribution is 0.0611. The predicted octanol–water partition coefficient (Wildman–Crippen LogP) is 3.37. The van der Waals surface area contributed by atoms with Crippen molar-refractivity contribution in [1.82, 2.24) is 29.0 Å². The van der Waals surface area contributed by atoms with Crippen LogP contribution >= 0.6 is 11.6 Å². The fraction of sp³-hybridized carbons (Fsp3) is 0.280. The topological polar surface area (TPSA) is 75.7 Å². The Labute approximate surface area is 201 Å². The molecule has 5 heterocycles. The van der Waals surface area contributed by atoms with E-state index in [1.807, 2.05) is 68.9 Å². The molecule has 9 heteroatoms. The van der Waals surface area contributed by atoms with Crippen LogP contribution in [0.4, 0.5) is 0 Å². The van der Waals surface area contributed by atoms with Gasteiger partial charge in [0.25, 0.3) is 11.8 Å². The average molecular weight is 475 g/mol. The summed E-state index contributed by atoms with van der Waals surface area (Å²) < 4.78 is 3.48. The number of hydrogen-bond donors (Lipinski definition) is 0. The first-order valence-corrected chi connectivity index (χ1v) is 11.7. The van der Waals surface area contributed by atoms with Gasteiger partial charge in [0, 0.05) is 49.7 Å². The van der Waals surface area contributed by atoms with Crippen molar-refractivity contribution in [2.75, 3.05) is 19.6 Å². The molecule has 0 saturated carbocycles. The summed E-state index contributed by atoms with van der Waals surface area (Å²) in [6.45, 7) is 1.78. The molecule has 172 valence electrons. The molecule has 2 bridgehead atoms. The molecule has 2 unspecified atom stereocenters. The Morgan fingerprint density at radius 3 is 2.65 bits per heavy atom. The lowest BCUT2D eigenvalue weighted by atomic mass is 10.00. The molecule has 6 rings (SSSR count). The number of piperidine rings is 1. The van der Waals surface area contributed by atoms with Crippen molar-refractivity contribution in [2.45, 2.75) is 12.5 Å². The molecule has 0 N–H and O–H groups in total. The van der Waals surface area contributed by atoms with Crippen LogP contribution in [0, 0.1) is 5.92 Å². The Kier molecular flexibility index (Phi) is 4.91. The minimum absolute atomic E-state index is 0.0129. The van der Waals surface area contributed by atoms with Crippen molar-refractivity contribution >= 4 is 29.1 Å². The van der Waals surface area contributed by atoms with E-state index in [9.17, 15) is 9.59 Å². The molecule has 3 aromatic heterocycles. The SMILES string of the molecule is Cn1nc(-c2ccc(Cl)cc2)cc1C(=O)N1CC2CC1CN(C(=O)c1cn3ccccc3n1)C2. The highest BCUT2D eigenvalue weighted by atomic mass is 35.5. The zero-order valence-electron chi connectivity index (χ0n) is 18.6. The van der Waals surface area contributed by atoms with E-state index in [0.717, 1.165) is 23.3 Å². The largest absolute Gasteiger partial charge is 0.335 e. The van der Waals surface area contributed by atoms with Crippen LogP contribution in [0.2, 0.25) is 5.02 Å². The van der Waals surface area contributed by atoms with Crippen molar-refractivity contribution in [2.24, 2.45) is 13.0 Å². The third-order valence-corrected chi connectivity index (χ3v) is 7.03. The molecule has 2 amide bonds. The maximum atomic E-state index is 13.5. The molecule has 34 heavy (non-hydrogen) atoms. The molecule has 0 spiro atoms. The number of imidazole rings is 1. The van der Waals surface area contributed by atoms with Crippen LogP contribution in [-0.2, 0) is 7.05 Å². The summed E-state index contributed by atoms with van der Waals surface area (Å²) in [6.07, 6.45) is 4.55. The molecule has 2 atom stereocenters. The number of pyridine rings is 1. The van der Waals surface area contributed by atoms with E-state index in [-0.39, 0.29) is 23.8 Å². The number of carbonyl (C=O) groups excluding carboxylic acids is 2. The molecule has 2 fully saturated rings. The number of hydrogen-bond acceptors (Lipinski definition) is 4. The lowest BCUT2D eigenvalue weighted by Gasteiger charge is -2.32. The summed E-state index contributed by atoms with van der Waals surface area (Å²) in [4.78, 5) is 34.9. The molecule has 4 aromatic rings. The predicted molar refractivity (Wildman–Crippen MR) is 128 cm³/mol. The Balaban J connectivity index is 1.21. The second kappa shape index (κ2) is 7.99. The number of benzene rings is 1. The van der Waals surface area contributed by atoms with Gasteiger partial charge in [-0.3, -0.25) is 14.3 Å². The average Bonchev–Trinajstić information content (AvgIpc) is 3.53. The smallest absolute Gasteiger partial charge is 0.274 e. The molecule has 2 aliphatic heterocycles. The number of nitrogens with zero attached hydrogens (tertiary/aromatic N) is 6. The van der Waals surface area contributed by atoms with Crippen molar-refractivity contribution in [3.63, 3.8) is 0 Å². The van der Waals surface area contributed by atoms with Gasteiger partial charge in [-0.2, -0.15) is 5.10 Å². The third-order valence-electron chi connectivity index (χ3n) is 6.78. The molecular weight excluding hydrogens is 452 g/mol. The fourth-order valence-electron chi connectivity index (χ4n) is 5.15. The number of halogens is 1. The van der Waals surface area contributed by atoms with Crippen LogP contribution in [0.25, 0.3) is 16.9 Å². The van der Waals surface area contributed by atoms with Crippen LogP contribution in [0.15, 0.2) is 60.9 Å². The first kappa shape index (κ1) is 20.9. The van der Waals surface area contributed by atoms with Gasteiger partial charge in [-0.05, 0) is 42.7 Å². The van der Waals surface area contributed by atoms with Gasteiger partial charge in [-0.1, -0.05) is 29.8 Å². The van der Waals surface area contributed by atoms with E-state index < -0.39 is 0 Å². The second-order valence-electron chi connectivity index (χ2n) is 9.06. The molecule has 2 aliphatic rings. The minimum atomic E-state index is -0.0849. The van der Waals surface area contributed by atoms with E-state index in [1.165, 1.54) is 0 Å². The van der Waals surface area contributed by atoms with E-state index in [0.29, 0.717) is 36.0 Å². The Morgan fingerprint density at radius 2 is 1.85 bits per heavy atom. The van der Waals surface area contributed by atoms with Gasteiger partial charge >= 0.3 is 0 Å². The van der Waals surface area contributed by atoms with Gasteiger partial charge in [0.1, 0.15) is 17.0 Å². The highest BCUT2D eigenvalue weighted by Crippen LogP contribution is 2.32. The lowest BCUT2D eigenvalue weighted by Crippen LogP contribution is -2.46. The van der Waals surface area contributed by atoms with Crippen molar-refractivity contribution in [3.05, 3.63) is 77.3 Å². The van der Waals surface area contributed by atoms with Crippen LogP contribution in [0.5, 0.6) is 0 Å². The van der Waals surface area contributed by atoms with Crippen molar-refractivity contribution in [1.29, 1.82) is 0 Å². The minimum Gasteiger partial charge on any atom is -0.335 e. The van der Waals surface area contributed by atoms with Crippen molar-refractivity contribution in [3.8, 4) is 11.3 Å². The fourth-order valence-corrected chi connectivity index (χ4v) is 5.28.